The first kappa shape index (κ1) is 31.5. The number of piperidine rings is 1. The van der Waals surface area contributed by atoms with Gasteiger partial charge in [0.15, 0.2) is 0 Å². The molecule has 47 heavy (non-hydrogen) atoms. The molecular weight excluding hydrogens is 592 g/mol. The van der Waals surface area contributed by atoms with Crippen LogP contribution in [0.1, 0.15) is 61.8 Å². The Morgan fingerprint density at radius 2 is 1.72 bits per heavy atom. The topological polar surface area (TPSA) is 112 Å². The summed E-state index contributed by atoms with van der Waals surface area (Å²) < 4.78 is 7.70. The number of rotatable bonds is 7. The Morgan fingerprint density at radius 3 is 2.47 bits per heavy atom. The average molecular weight is 639 g/mol. The quantitative estimate of drug-likeness (QED) is 0.294. The van der Waals surface area contributed by atoms with Crippen LogP contribution < -0.4 is 15.0 Å². The van der Waals surface area contributed by atoms with Gasteiger partial charge in [0.25, 0.3) is 5.91 Å². The van der Waals surface area contributed by atoms with Gasteiger partial charge in [0.1, 0.15) is 5.75 Å². The van der Waals surface area contributed by atoms with E-state index in [1.807, 2.05) is 6.92 Å². The molecule has 0 bridgehead atoms. The molecule has 3 aliphatic rings. The molecular formula is C36H46N8O3. The van der Waals surface area contributed by atoms with Crippen molar-refractivity contribution in [3.63, 3.8) is 0 Å². The molecule has 0 spiro atoms. The number of benzene rings is 1. The lowest BCUT2D eigenvalue weighted by Crippen LogP contribution is -2.52. The highest BCUT2D eigenvalue weighted by Gasteiger charge is 2.32. The summed E-state index contributed by atoms with van der Waals surface area (Å²) in [5.74, 6) is 0.904. The van der Waals surface area contributed by atoms with E-state index < -0.39 is 5.60 Å². The molecule has 5 heterocycles. The van der Waals surface area contributed by atoms with Crippen molar-refractivity contribution >= 4 is 28.6 Å². The maximum absolute atomic E-state index is 13.8. The van der Waals surface area contributed by atoms with E-state index in [0.29, 0.717) is 47.4 Å². The number of hydrogen-bond acceptors (Lipinski definition) is 9. The summed E-state index contributed by atoms with van der Waals surface area (Å²) in [4.78, 5) is 35.0. The number of likely N-dealkylation sites (N-methyl/N-ethyl adjacent to an activating group) is 1. The lowest BCUT2D eigenvalue weighted by Gasteiger charge is -2.42. The Labute approximate surface area is 276 Å². The van der Waals surface area contributed by atoms with Crippen LogP contribution in [0.3, 0.4) is 0 Å². The third-order valence-electron chi connectivity index (χ3n) is 10.5. The van der Waals surface area contributed by atoms with Crippen molar-refractivity contribution in [1.29, 1.82) is 0 Å². The highest BCUT2D eigenvalue weighted by Crippen LogP contribution is 2.39. The molecule has 0 atom stereocenters. The van der Waals surface area contributed by atoms with Gasteiger partial charge >= 0.3 is 0 Å². The molecule has 3 aromatic heterocycles. The van der Waals surface area contributed by atoms with Crippen LogP contribution >= 0.6 is 0 Å². The highest BCUT2D eigenvalue weighted by molar-refractivity contribution is 6.04. The van der Waals surface area contributed by atoms with Crippen molar-refractivity contribution in [2.75, 3.05) is 63.6 Å². The molecule has 1 aliphatic carbocycles. The number of anilines is 2. The van der Waals surface area contributed by atoms with Crippen LogP contribution in [0.2, 0.25) is 0 Å². The molecule has 7 rings (SSSR count). The first-order valence-electron chi connectivity index (χ1n) is 17.0. The van der Waals surface area contributed by atoms with E-state index in [1.165, 1.54) is 18.5 Å². The summed E-state index contributed by atoms with van der Waals surface area (Å²) in [7, 11) is 3.82. The second kappa shape index (κ2) is 13.2. The van der Waals surface area contributed by atoms with Crippen LogP contribution in [0, 0.1) is 0 Å². The number of pyridine rings is 2. The van der Waals surface area contributed by atoms with Gasteiger partial charge in [-0.25, -0.2) is 4.98 Å². The van der Waals surface area contributed by atoms with Gasteiger partial charge in [-0.05, 0) is 88.9 Å². The molecule has 4 aromatic rings. The molecule has 11 heteroatoms. The van der Waals surface area contributed by atoms with Gasteiger partial charge in [0, 0.05) is 81.2 Å². The first-order valence-corrected chi connectivity index (χ1v) is 17.0. The van der Waals surface area contributed by atoms with Crippen LogP contribution in [0.25, 0.3) is 22.3 Å². The van der Waals surface area contributed by atoms with Crippen molar-refractivity contribution in [3.8, 4) is 17.0 Å². The SMILES string of the molecule is COc1ccncc1-c1cc(C(=O)Nc2nc3ccc(N4CCC(N5CCN(C)CC5)CC4)cc3n2[C@H]2CC[C@@](C)(O)CC2)ccn1. The van der Waals surface area contributed by atoms with E-state index in [1.54, 1.807) is 43.9 Å². The first-order chi connectivity index (χ1) is 22.8. The molecule has 11 nitrogen and oxygen atoms in total. The Bertz CT molecular complexity index is 1710. The standard InChI is InChI=1S/C36H46N8O3/c1-36(46)12-6-27(7-13-36)44-32-23-28(42-16-10-26(11-17-42)43-20-18-41(2)19-21-43)4-5-30(32)39-35(44)40-34(45)25-8-15-38-31(22-25)29-24-37-14-9-33(29)47-3/h4-5,8-9,14-15,22-24,26-27,46H,6-7,10-13,16-21H2,1-3H3,(H,39,40,45)/t27-,36+. The number of nitrogens with one attached hydrogen (secondary N) is 1. The van der Waals surface area contributed by atoms with Crippen molar-refractivity contribution in [3.05, 3.63) is 60.6 Å². The minimum Gasteiger partial charge on any atom is -0.496 e. The van der Waals surface area contributed by atoms with Gasteiger partial charge in [0.2, 0.25) is 5.95 Å². The lowest BCUT2D eigenvalue weighted by atomic mass is 9.83. The lowest BCUT2D eigenvalue weighted by molar-refractivity contribution is 0.0106. The number of amides is 1. The summed E-state index contributed by atoms with van der Waals surface area (Å²) in [5.41, 5.74) is 4.18. The predicted octanol–water partition coefficient (Wildman–Crippen LogP) is 4.84. The Balaban J connectivity index is 1.15. The zero-order valence-electron chi connectivity index (χ0n) is 27.7. The molecule has 0 radical (unpaired) electrons. The largest absolute Gasteiger partial charge is 0.496 e. The number of methoxy groups -OCH3 is 1. The number of fused-ring (bicyclic) bond motifs is 1. The second-order valence-corrected chi connectivity index (χ2v) is 13.7. The number of carbonyl (C=O) groups is 1. The fraction of sp³-hybridized carbons (Fsp3) is 0.500. The third kappa shape index (κ3) is 6.70. The second-order valence-electron chi connectivity index (χ2n) is 13.7. The normalized spacial score (nSPS) is 23.2. The van der Waals surface area contributed by atoms with Crippen LogP contribution in [-0.2, 0) is 0 Å². The number of piperazine rings is 1. The van der Waals surface area contributed by atoms with Gasteiger partial charge in [-0.1, -0.05) is 0 Å². The van der Waals surface area contributed by atoms with Crippen molar-refractivity contribution in [1.82, 2.24) is 29.3 Å². The van der Waals surface area contributed by atoms with Gasteiger partial charge in [0.05, 0.1) is 35.0 Å². The van der Waals surface area contributed by atoms with E-state index >= 15 is 0 Å². The average Bonchev–Trinajstić information content (AvgIpc) is 3.45. The fourth-order valence-corrected chi connectivity index (χ4v) is 7.54. The summed E-state index contributed by atoms with van der Waals surface area (Å²) in [5, 5.41) is 13.9. The molecule has 2 N–H and O–H groups in total. The number of ether oxygens (including phenoxy) is 1. The third-order valence-corrected chi connectivity index (χ3v) is 10.5. The molecule has 2 aliphatic heterocycles. The fourth-order valence-electron chi connectivity index (χ4n) is 7.54. The minimum absolute atomic E-state index is 0.112. The molecule has 1 aromatic carbocycles. The van der Waals surface area contributed by atoms with Gasteiger partial charge in [-0.2, -0.15) is 0 Å². The van der Waals surface area contributed by atoms with E-state index in [0.717, 1.165) is 63.1 Å². The van der Waals surface area contributed by atoms with Crippen LogP contribution in [0.5, 0.6) is 5.75 Å². The molecule has 248 valence electrons. The summed E-state index contributed by atoms with van der Waals surface area (Å²) in [6.45, 7) is 8.59. The smallest absolute Gasteiger partial charge is 0.258 e. The van der Waals surface area contributed by atoms with Crippen molar-refractivity contribution in [2.45, 2.75) is 63.1 Å². The number of hydrogen-bond donors (Lipinski definition) is 2. The maximum atomic E-state index is 13.8. The molecule has 0 unspecified atom stereocenters. The predicted molar refractivity (Wildman–Crippen MR) is 184 cm³/mol. The zero-order chi connectivity index (χ0) is 32.5. The number of imidazole rings is 1. The van der Waals surface area contributed by atoms with E-state index in [4.69, 9.17) is 9.72 Å². The molecule has 2 saturated heterocycles. The van der Waals surface area contributed by atoms with Crippen LogP contribution in [-0.4, -0.2) is 105 Å². The van der Waals surface area contributed by atoms with Crippen LogP contribution in [0.15, 0.2) is 55.0 Å². The van der Waals surface area contributed by atoms with Crippen molar-refractivity contribution < 1.29 is 14.6 Å². The number of carbonyl (C=O) groups excluding carboxylic acids is 1. The van der Waals surface area contributed by atoms with E-state index in [-0.39, 0.29) is 11.9 Å². The highest BCUT2D eigenvalue weighted by atomic mass is 16.5. The summed E-state index contributed by atoms with van der Waals surface area (Å²) in [6.07, 6.45) is 10.3. The number of nitrogens with zero attached hydrogens (tertiary/aromatic N) is 7. The monoisotopic (exact) mass is 638 g/mol. The van der Waals surface area contributed by atoms with E-state index in [2.05, 4.69) is 59.8 Å². The van der Waals surface area contributed by atoms with Crippen molar-refractivity contribution in [2.24, 2.45) is 0 Å². The minimum atomic E-state index is -0.670. The number of aliphatic hydroxyl groups is 1. The summed E-state index contributed by atoms with van der Waals surface area (Å²) >= 11 is 0. The van der Waals surface area contributed by atoms with Gasteiger partial charge < -0.3 is 24.2 Å². The molecule has 1 amide bonds. The molecule has 1 saturated carbocycles. The van der Waals surface area contributed by atoms with Gasteiger partial charge in [-0.15, -0.1) is 0 Å². The Morgan fingerprint density at radius 1 is 0.957 bits per heavy atom. The zero-order valence-corrected chi connectivity index (χ0v) is 27.7. The van der Waals surface area contributed by atoms with Crippen LogP contribution in [0.4, 0.5) is 11.6 Å². The van der Waals surface area contributed by atoms with E-state index in [9.17, 15) is 9.90 Å². The molecule has 3 fully saturated rings. The maximum Gasteiger partial charge on any atom is 0.258 e. The van der Waals surface area contributed by atoms with Gasteiger partial charge in [-0.3, -0.25) is 25.0 Å². The summed E-state index contributed by atoms with van der Waals surface area (Å²) in [6, 6.07) is 12.5. The number of aromatic nitrogens is 4. The Hall–Kier alpha value is -4.06. The Kier molecular flexibility index (Phi) is 8.87.